The zero-order valence-corrected chi connectivity index (χ0v) is 19.0. The van der Waals surface area contributed by atoms with E-state index in [1.54, 1.807) is 0 Å². The average molecular weight is 432 g/mol. The molecule has 0 saturated carbocycles. The molecule has 166 valence electrons. The van der Waals surface area contributed by atoms with Crippen LogP contribution in [0, 0.1) is 13.8 Å². The summed E-state index contributed by atoms with van der Waals surface area (Å²) in [7, 11) is 0. The number of fused-ring (bicyclic) bond motifs is 1. The number of aromatic nitrogens is 3. The first-order chi connectivity index (χ1) is 15.4. The summed E-state index contributed by atoms with van der Waals surface area (Å²) in [6, 6.07) is 10.3. The van der Waals surface area contributed by atoms with Crippen molar-refractivity contribution in [3.05, 3.63) is 59.2 Å². The first-order valence-corrected chi connectivity index (χ1v) is 10.9. The number of benzene rings is 1. The van der Waals surface area contributed by atoms with Crippen LogP contribution in [-0.2, 0) is 0 Å². The maximum absolute atomic E-state index is 12.3. The largest absolute Gasteiger partial charge is 0.444 e. The summed E-state index contributed by atoms with van der Waals surface area (Å²) < 4.78 is 5.64. The van der Waals surface area contributed by atoms with Gasteiger partial charge in [-0.15, -0.1) is 0 Å². The van der Waals surface area contributed by atoms with E-state index in [1.165, 1.54) is 11.8 Å². The van der Waals surface area contributed by atoms with Crippen molar-refractivity contribution in [3.8, 4) is 22.7 Å². The molecule has 7 heteroatoms. The zero-order valence-electron chi connectivity index (χ0n) is 19.0. The number of hydrogen-bond donors (Lipinski definition) is 3. The van der Waals surface area contributed by atoms with Crippen molar-refractivity contribution in [1.29, 1.82) is 0 Å². The maximum atomic E-state index is 12.3. The minimum atomic E-state index is -0.259. The molecule has 3 heterocycles. The molecule has 32 heavy (non-hydrogen) atoms. The van der Waals surface area contributed by atoms with E-state index in [2.05, 4.69) is 52.3 Å². The van der Waals surface area contributed by atoms with Crippen molar-refractivity contribution in [1.82, 2.24) is 20.3 Å². The predicted molar refractivity (Wildman–Crippen MR) is 127 cm³/mol. The second-order valence-electron chi connectivity index (χ2n) is 8.40. The Morgan fingerprint density at radius 3 is 2.56 bits per heavy atom. The zero-order chi connectivity index (χ0) is 22.8. The number of rotatable bonds is 7. The number of aryl methyl sites for hydroxylation is 2. The standard InChI is InChI=1S/C25H29N5O2/c1-14(2)22-19-12-17(25-30-21(13-32-25)24(31)27-9-5-8-26)6-7-20(19)29-23(22)18-10-15(3)28-16(4)11-18/h6-7,10-14,29H,5,8-9,26H2,1-4H3,(H,27,31). The maximum Gasteiger partial charge on any atom is 0.273 e. The van der Waals surface area contributed by atoms with Gasteiger partial charge in [0.1, 0.15) is 6.26 Å². The van der Waals surface area contributed by atoms with Crippen LogP contribution in [0.5, 0.6) is 0 Å². The van der Waals surface area contributed by atoms with Gasteiger partial charge in [-0.25, -0.2) is 4.98 Å². The van der Waals surface area contributed by atoms with Crippen LogP contribution in [0.3, 0.4) is 0 Å². The molecule has 0 fully saturated rings. The van der Waals surface area contributed by atoms with Crippen LogP contribution in [0.15, 0.2) is 41.0 Å². The van der Waals surface area contributed by atoms with Crippen molar-refractivity contribution in [2.75, 3.05) is 13.1 Å². The highest BCUT2D eigenvalue weighted by atomic mass is 16.3. The molecule has 4 rings (SSSR count). The van der Waals surface area contributed by atoms with Gasteiger partial charge in [0, 0.05) is 40.0 Å². The van der Waals surface area contributed by atoms with Crippen LogP contribution in [0.25, 0.3) is 33.6 Å². The van der Waals surface area contributed by atoms with Crippen LogP contribution in [0.1, 0.15) is 53.6 Å². The SMILES string of the molecule is Cc1cc(-c2[nH]c3ccc(-c4nc(C(=O)NCCCN)co4)cc3c2C(C)C)cc(C)n1. The lowest BCUT2D eigenvalue weighted by Gasteiger charge is -2.10. The van der Waals surface area contributed by atoms with Crippen LogP contribution in [-0.4, -0.2) is 33.9 Å². The molecule has 0 aliphatic heterocycles. The van der Waals surface area contributed by atoms with E-state index in [4.69, 9.17) is 10.2 Å². The quantitative estimate of drug-likeness (QED) is 0.367. The van der Waals surface area contributed by atoms with Crippen molar-refractivity contribution in [2.24, 2.45) is 5.73 Å². The molecule has 0 aliphatic rings. The number of amides is 1. The molecule has 4 N–H and O–H groups in total. The molecule has 0 bridgehead atoms. The number of nitrogens with two attached hydrogens (primary N) is 1. The van der Waals surface area contributed by atoms with E-state index in [9.17, 15) is 4.79 Å². The molecular formula is C25H29N5O2. The summed E-state index contributed by atoms with van der Waals surface area (Å²) in [6.45, 7) is 9.45. The predicted octanol–water partition coefficient (Wildman–Crippen LogP) is 4.70. The van der Waals surface area contributed by atoms with Crippen molar-refractivity contribution in [3.63, 3.8) is 0 Å². The Kier molecular flexibility index (Phi) is 6.10. The molecule has 1 amide bonds. The number of oxazole rings is 1. The third-order valence-corrected chi connectivity index (χ3v) is 5.44. The smallest absolute Gasteiger partial charge is 0.273 e. The molecule has 4 aromatic rings. The number of H-pyrrole nitrogens is 1. The molecule has 0 atom stereocenters. The number of nitrogens with one attached hydrogen (secondary N) is 2. The van der Waals surface area contributed by atoms with Gasteiger partial charge in [0.2, 0.25) is 5.89 Å². The van der Waals surface area contributed by atoms with Crippen LogP contribution in [0.4, 0.5) is 0 Å². The molecule has 0 unspecified atom stereocenters. The number of aromatic amines is 1. The monoisotopic (exact) mass is 431 g/mol. The topological polar surface area (TPSA) is 110 Å². The lowest BCUT2D eigenvalue weighted by molar-refractivity contribution is 0.0948. The number of carbonyl (C=O) groups excluding carboxylic acids is 1. The third kappa shape index (κ3) is 4.29. The molecule has 3 aromatic heterocycles. The van der Waals surface area contributed by atoms with Crippen molar-refractivity contribution < 1.29 is 9.21 Å². The van der Waals surface area contributed by atoms with Gasteiger partial charge in [0.25, 0.3) is 5.91 Å². The Morgan fingerprint density at radius 1 is 1.12 bits per heavy atom. The normalized spacial score (nSPS) is 11.4. The summed E-state index contributed by atoms with van der Waals surface area (Å²) in [5.74, 6) is 0.463. The lowest BCUT2D eigenvalue weighted by atomic mass is 9.95. The highest BCUT2D eigenvalue weighted by molar-refractivity contribution is 5.95. The second-order valence-corrected chi connectivity index (χ2v) is 8.40. The Morgan fingerprint density at radius 2 is 1.88 bits per heavy atom. The Bertz CT molecular complexity index is 1250. The van der Waals surface area contributed by atoms with Crippen molar-refractivity contribution >= 4 is 16.8 Å². The van der Waals surface area contributed by atoms with Gasteiger partial charge >= 0.3 is 0 Å². The van der Waals surface area contributed by atoms with E-state index < -0.39 is 0 Å². The van der Waals surface area contributed by atoms with Crippen LogP contribution in [0.2, 0.25) is 0 Å². The first kappa shape index (κ1) is 21.8. The van der Waals surface area contributed by atoms with E-state index in [0.29, 0.717) is 24.9 Å². The summed E-state index contributed by atoms with van der Waals surface area (Å²) in [5.41, 5.74) is 13.1. The van der Waals surface area contributed by atoms with Gasteiger partial charge in [-0.05, 0) is 68.6 Å². The summed E-state index contributed by atoms with van der Waals surface area (Å²) in [5, 5.41) is 3.91. The van der Waals surface area contributed by atoms with Gasteiger partial charge in [-0.1, -0.05) is 13.8 Å². The fourth-order valence-corrected chi connectivity index (χ4v) is 4.06. The molecule has 0 saturated heterocycles. The Balaban J connectivity index is 1.73. The average Bonchev–Trinajstić information content (AvgIpc) is 3.38. The second kappa shape index (κ2) is 8.96. The van der Waals surface area contributed by atoms with Gasteiger partial charge in [-0.2, -0.15) is 0 Å². The molecule has 0 spiro atoms. The van der Waals surface area contributed by atoms with E-state index in [0.717, 1.165) is 45.5 Å². The van der Waals surface area contributed by atoms with E-state index in [1.807, 2.05) is 26.0 Å². The highest BCUT2D eigenvalue weighted by Crippen LogP contribution is 2.37. The van der Waals surface area contributed by atoms with Gasteiger partial charge < -0.3 is 20.5 Å². The number of pyridine rings is 1. The number of carbonyl (C=O) groups is 1. The first-order valence-electron chi connectivity index (χ1n) is 10.9. The van der Waals surface area contributed by atoms with Crippen LogP contribution < -0.4 is 11.1 Å². The number of hydrogen-bond acceptors (Lipinski definition) is 5. The molecule has 1 aromatic carbocycles. The minimum absolute atomic E-state index is 0.259. The van der Waals surface area contributed by atoms with Crippen LogP contribution >= 0.6 is 0 Å². The summed E-state index contributed by atoms with van der Waals surface area (Å²) in [4.78, 5) is 24.8. The fourth-order valence-electron chi connectivity index (χ4n) is 4.06. The summed E-state index contributed by atoms with van der Waals surface area (Å²) >= 11 is 0. The molecule has 0 aliphatic carbocycles. The number of nitrogens with zero attached hydrogens (tertiary/aromatic N) is 2. The van der Waals surface area contributed by atoms with Gasteiger partial charge in [0.05, 0.1) is 5.69 Å². The highest BCUT2D eigenvalue weighted by Gasteiger charge is 2.19. The summed E-state index contributed by atoms with van der Waals surface area (Å²) in [6.07, 6.45) is 2.11. The molecule has 0 radical (unpaired) electrons. The van der Waals surface area contributed by atoms with Crippen molar-refractivity contribution in [2.45, 2.75) is 40.0 Å². The van der Waals surface area contributed by atoms with Gasteiger partial charge in [0.15, 0.2) is 5.69 Å². The third-order valence-electron chi connectivity index (χ3n) is 5.44. The Labute approximate surface area is 187 Å². The molecule has 7 nitrogen and oxygen atoms in total. The fraction of sp³-hybridized carbons (Fsp3) is 0.320. The lowest BCUT2D eigenvalue weighted by Crippen LogP contribution is -2.26. The Hall–Kier alpha value is -3.45. The van der Waals surface area contributed by atoms with E-state index >= 15 is 0 Å². The minimum Gasteiger partial charge on any atom is -0.444 e. The molecular weight excluding hydrogens is 402 g/mol. The van der Waals surface area contributed by atoms with Gasteiger partial charge in [-0.3, -0.25) is 9.78 Å². The van der Waals surface area contributed by atoms with E-state index in [-0.39, 0.29) is 11.6 Å².